The second-order valence-corrected chi connectivity index (χ2v) is 4.72. The number of amides is 1. The largest absolute Gasteiger partial charge is 0.396 e. The first-order chi connectivity index (χ1) is 9.17. The van der Waals surface area contributed by atoms with Crippen molar-refractivity contribution in [2.45, 2.75) is 19.9 Å². The van der Waals surface area contributed by atoms with E-state index in [1.807, 2.05) is 36.1 Å². The molecule has 1 aromatic carbocycles. The van der Waals surface area contributed by atoms with Crippen molar-refractivity contribution in [2.24, 2.45) is 0 Å². The van der Waals surface area contributed by atoms with Gasteiger partial charge in [0, 0.05) is 24.7 Å². The zero-order valence-electron chi connectivity index (χ0n) is 11.2. The molecule has 106 valence electrons. The molecule has 0 aromatic heterocycles. The average molecular weight is 285 g/mol. The van der Waals surface area contributed by atoms with E-state index >= 15 is 0 Å². The molecule has 0 spiro atoms. The third-order valence-electron chi connectivity index (χ3n) is 2.88. The predicted molar refractivity (Wildman–Crippen MR) is 77.1 cm³/mol. The van der Waals surface area contributed by atoms with Crippen molar-refractivity contribution in [3.05, 3.63) is 34.9 Å². The quantitative estimate of drug-likeness (QED) is 0.763. The maximum absolute atomic E-state index is 11.8. The summed E-state index contributed by atoms with van der Waals surface area (Å²) in [6.45, 7) is 4.46. The second-order valence-electron chi connectivity index (χ2n) is 4.31. The molecule has 1 rings (SSSR count). The van der Waals surface area contributed by atoms with E-state index in [1.54, 1.807) is 0 Å². The highest BCUT2D eigenvalue weighted by Crippen LogP contribution is 2.14. The summed E-state index contributed by atoms with van der Waals surface area (Å²) in [4.78, 5) is 13.8. The van der Waals surface area contributed by atoms with E-state index in [1.165, 1.54) is 0 Å². The molecule has 0 heterocycles. The topological polar surface area (TPSA) is 52.6 Å². The normalized spacial score (nSPS) is 10.7. The van der Waals surface area contributed by atoms with Crippen molar-refractivity contribution < 1.29 is 9.90 Å². The summed E-state index contributed by atoms with van der Waals surface area (Å²) >= 11 is 6.02. The fraction of sp³-hybridized carbons (Fsp3) is 0.500. The Kier molecular flexibility index (Phi) is 7.48. The lowest BCUT2D eigenvalue weighted by molar-refractivity contribution is -0.122. The van der Waals surface area contributed by atoms with Gasteiger partial charge in [0.15, 0.2) is 0 Å². The van der Waals surface area contributed by atoms with Crippen molar-refractivity contribution in [3.8, 4) is 0 Å². The molecule has 0 saturated carbocycles. The summed E-state index contributed by atoms with van der Waals surface area (Å²) in [5.41, 5.74) is 0.913. The van der Waals surface area contributed by atoms with E-state index in [0.717, 1.165) is 18.7 Å². The maximum Gasteiger partial charge on any atom is 0.234 e. The number of halogens is 1. The second kappa shape index (κ2) is 8.91. The molecule has 1 aromatic rings. The van der Waals surface area contributed by atoms with E-state index < -0.39 is 0 Å². The lowest BCUT2D eigenvalue weighted by atomic mass is 10.2. The van der Waals surface area contributed by atoms with Crippen molar-refractivity contribution in [2.75, 3.05) is 26.2 Å². The molecule has 0 atom stereocenters. The molecule has 5 heteroatoms. The molecule has 0 aliphatic carbocycles. The minimum absolute atomic E-state index is 0.0280. The molecule has 0 saturated heterocycles. The fourth-order valence-corrected chi connectivity index (χ4v) is 1.94. The average Bonchev–Trinajstić information content (AvgIpc) is 2.42. The molecule has 0 unspecified atom stereocenters. The predicted octanol–water partition coefficient (Wildman–Crippen LogP) is 1.66. The van der Waals surface area contributed by atoms with Crippen molar-refractivity contribution in [3.63, 3.8) is 0 Å². The van der Waals surface area contributed by atoms with Gasteiger partial charge in [-0.15, -0.1) is 0 Å². The Morgan fingerprint density at radius 3 is 2.79 bits per heavy atom. The van der Waals surface area contributed by atoms with Gasteiger partial charge < -0.3 is 10.4 Å². The Morgan fingerprint density at radius 1 is 1.42 bits per heavy atom. The molecule has 0 aliphatic rings. The fourth-order valence-electron chi connectivity index (χ4n) is 1.74. The number of aliphatic hydroxyl groups is 1. The van der Waals surface area contributed by atoms with Crippen LogP contribution in [-0.4, -0.2) is 42.2 Å². The summed E-state index contributed by atoms with van der Waals surface area (Å²) in [6.07, 6.45) is 0.686. The Bertz CT molecular complexity index is 399. The van der Waals surface area contributed by atoms with Gasteiger partial charge in [-0.2, -0.15) is 0 Å². The number of nitrogens with zero attached hydrogens (tertiary/aromatic N) is 1. The minimum atomic E-state index is -0.0280. The Hall–Kier alpha value is -1.10. The highest BCUT2D eigenvalue weighted by atomic mass is 35.5. The van der Waals surface area contributed by atoms with E-state index in [-0.39, 0.29) is 12.5 Å². The lowest BCUT2D eigenvalue weighted by Crippen LogP contribution is -2.37. The van der Waals surface area contributed by atoms with Crippen LogP contribution in [0, 0.1) is 0 Å². The lowest BCUT2D eigenvalue weighted by Gasteiger charge is -2.19. The number of hydrogen-bond acceptors (Lipinski definition) is 3. The molecule has 0 radical (unpaired) electrons. The van der Waals surface area contributed by atoms with E-state index in [0.29, 0.717) is 24.5 Å². The maximum atomic E-state index is 11.8. The third-order valence-corrected chi connectivity index (χ3v) is 3.25. The van der Waals surface area contributed by atoms with Crippen LogP contribution in [0.15, 0.2) is 24.3 Å². The number of carbonyl (C=O) groups is 1. The Labute approximate surface area is 119 Å². The van der Waals surface area contributed by atoms with Crippen LogP contribution in [0.3, 0.4) is 0 Å². The minimum Gasteiger partial charge on any atom is -0.396 e. The van der Waals surface area contributed by atoms with Gasteiger partial charge >= 0.3 is 0 Å². The number of rotatable bonds is 8. The van der Waals surface area contributed by atoms with Crippen LogP contribution in [0.5, 0.6) is 0 Å². The molecule has 0 aliphatic heterocycles. The summed E-state index contributed by atoms with van der Waals surface area (Å²) in [6, 6.07) is 7.46. The van der Waals surface area contributed by atoms with E-state index in [9.17, 15) is 4.79 Å². The van der Waals surface area contributed by atoms with Crippen LogP contribution in [0.1, 0.15) is 18.9 Å². The molecule has 2 N–H and O–H groups in total. The first kappa shape index (κ1) is 16.0. The first-order valence-electron chi connectivity index (χ1n) is 6.50. The van der Waals surface area contributed by atoms with Crippen LogP contribution in [0.25, 0.3) is 0 Å². The molecule has 1 amide bonds. The number of likely N-dealkylation sites (N-methyl/N-ethyl adjacent to an activating group) is 1. The number of hydrogen-bond donors (Lipinski definition) is 2. The number of benzene rings is 1. The number of nitrogens with one attached hydrogen (secondary N) is 1. The summed E-state index contributed by atoms with van der Waals surface area (Å²) in [7, 11) is 0. The summed E-state index contributed by atoms with van der Waals surface area (Å²) in [5, 5.41) is 12.3. The number of aliphatic hydroxyl groups excluding tert-OH is 1. The van der Waals surface area contributed by atoms with Gasteiger partial charge in [0.1, 0.15) is 0 Å². The van der Waals surface area contributed by atoms with Crippen LogP contribution < -0.4 is 5.32 Å². The SMILES string of the molecule is CCN(CCCO)CC(=O)NCc1ccccc1Cl. The van der Waals surface area contributed by atoms with Crippen molar-refractivity contribution in [1.29, 1.82) is 0 Å². The van der Waals surface area contributed by atoms with Crippen LogP contribution in [-0.2, 0) is 11.3 Å². The van der Waals surface area contributed by atoms with E-state index in [4.69, 9.17) is 16.7 Å². The van der Waals surface area contributed by atoms with Crippen molar-refractivity contribution in [1.82, 2.24) is 10.2 Å². The Balaban J connectivity index is 2.36. The van der Waals surface area contributed by atoms with Crippen LogP contribution in [0.2, 0.25) is 5.02 Å². The zero-order chi connectivity index (χ0) is 14.1. The third kappa shape index (κ3) is 6.05. The van der Waals surface area contributed by atoms with E-state index in [2.05, 4.69) is 5.32 Å². The number of carbonyl (C=O) groups excluding carboxylic acids is 1. The van der Waals surface area contributed by atoms with Gasteiger partial charge in [-0.05, 0) is 24.6 Å². The molecule has 19 heavy (non-hydrogen) atoms. The highest BCUT2D eigenvalue weighted by Gasteiger charge is 2.08. The molecule has 0 fully saturated rings. The highest BCUT2D eigenvalue weighted by molar-refractivity contribution is 6.31. The molecular weight excluding hydrogens is 264 g/mol. The van der Waals surface area contributed by atoms with Gasteiger partial charge in [-0.1, -0.05) is 36.7 Å². The van der Waals surface area contributed by atoms with Gasteiger partial charge in [0.25, 0.3) is 0 Å². The first-order valence-corrected chi connectivity index (χ1v) is 6.88. The van der Waals surface area contributed by atoms with Gasteiger partial charge in [0.05, 0.1) is 6.54 Å². The van der Waals surface area contributed by atoms with Crippen molar-refractivity contribution >= 4 is 17.5 Å². The monoisotopic (exact) mass is 284 g/mol. The smallest absolute Gasteiger partial charge is 0.234 e. The van der Waals surface area contributed by atoms with Crippen LogP contribution >= 0.6 is 11.6 Å². The molecule has 4 nitrogen and oxygen atoms in total. The zero-order valence-corrected chi connectivity index (χ0v) is 12.0. The summed E-state index contributed by atoms with van der Waals surface area (Å²) in [5.74, 6) is -0.0280. The van der Waals surface area contributed by atoms with Gasteiger partial charge in [-0.3, -0.25) is 9.69 Å². The van der Waals surface area contributed by atoms with Gasteiger partial charge in [0.2, 0.25) is 5.91 Å². The summed E-state index contributed by atoms with van der Waals surface area (Å²) < 4.78 is 0. The molecule has 0 bridgehead atoms. The standard InChI is InChI=1S/C14H21ClN2O2/c1-2-17(8-5-9-18)11-14(19)16-10-12-6-3-4-7-13(12)15/h3-4,6-7,18H,2,5,8-11H2,1H3,(H,16,19). The molecular formula is C14H21ClN2O2. The van der Waals surface area contributed by atoms with Crippen LogP contribution in [0.4, 0.5) is 0 Å². The Morgan fingerprint density at radius 2 is 2.16 bits per heavy atom. The van der Waals surface area contributed by atoms with Gasteiger partial charge in [-0.25, -0.2) is 0 Å².